The molecule has 2 N–H and O–H groups in total. The maximum absolute atomic E-state index is 4.76. The summed E-state index contributed by atoms with van der Waals surface area (Å²) in [5.41, 5.74) is 11.8. The zero-order chi connectivity index (χ0) is 51.6. The lowest BCUT2D eigenvalue weighted by atomic mass is 9.47. The summed E-state index contributed by atoms with van der Waals surface area (Å²) in [6.07, 6.45) is 1.92. The van der Waals surface area contributed by atoms with Crippen LogP contribution in [-0.4, -0.2) is 60.8 Å². The minimum Gasteiger partial charge on any atom is -0.357 e. The monoisotopic (exact) mass is 1050 g/mol. The zero-order valence-corrected chi connectivity index (χ0v) is 44.4. The van der Waals surface area contributed by atoms with E-state index >= 15 is 0 Å². The van der Waals surface area contributed by atoms with Crippen molar-refractivity contribution >= 4 is 315 Å². The van der Waals surface area contributed by atoms with Gasteiger partial charge in [0.1, 0.15) is 0 Å². The maximum Gasteiger partial charge on any atom is 0.250 e. The van der Waals surface area contributed by atoms with Gasteiger partial charge in [-0.2, -0.15) is 20.1 Å². The van der Waals surface area contributed by atoms with Gasteiger partial charge in [0, 0.05) is 33.7 Å². The molecule has 84 heavy (non-hydrogen) atoms. The van der Waals surface area contributed by atoms with Crippen LogP contribution in [0, 0.1) is 0 Å². The molecule has 35 rings (SSSR count). The molecular weight excluding hydrogens is 1020 g/mol. The number of hydrazone groups is 1. The van der Waals surface area contributed by atoms with E-state index in [1.54, 1.807) is 313 Å². The first kappa shape index (κ1) is 34.2. The number of aromatic nitrogens is 3. The van der Waals surface area contributed by atoms with Gasteiger partial charge in [-0.3, -0.25) is 4.90 Å². The normalized spacial score (nSPS) is 21.9. The Morgan fingerprint density at radius 2 is 0.667 bits per heavy atom. The molecule has 0 saturated carbocycles. The molecule has 0 amide bonds. The number of nitrogens with one attached hydrogen (secondary N) is 2. The summed E-state index contributed by atoms with van der Waals surface area (Å²) in [6.45, 7) is 0.982. The molecule has 8 heteroatoms. The van der Waals surface area contributed by atoms with Crippen LogP contribution in [0.2, 0.25) is 0 Å². The van der Waals surface area contributed by atoms with Gasteiger partial charge in [0.05, 0.1) is 17.0 Å². The molecule has 1 aliphatic heterocycles. The first-order valence-electron chi connectivity index (χ1n) is 30.5. The van der Waals surface area contributed by atoms with Gasteiger partial charge in [-0.05, 0) is 331 Å². The van der Waals surface area contributed by atoms with Crippen LogP contribution < -0.4 is 15.6 Å². The minimum absolute atomic E-state index is 0.0620. The highest BCUT2D eigenvalue weighted by Crippen LogP contribution is 2.87. The number of benzene rings is 19. The fourth-order valence-corrected chi connectivity index (χ4v) is 27.2. The topological polar surface area (TPSA) is 81.6 Å². The number of anilines is 3. The van der Waals surface area contributed by atoms with Crippen LogP contribution in [0.3, 0.4) is 0 Å². The van der Waals surface area contributed by atoms with E-state index in [9.17, 15) is 0 Å². The Labute approximate surface area is 462 Å². The van der Waals surface area contributed by atoms with Crippen LogP contribution in [0.4, 0.5) is 17.8 Å². The third kappa shape index (κ3) is 2.08. The Hall–Kier alpha value is -10.3. The Morgan fingerprint density at radius 3 is 0.952 bits per heavy atom. The van der Waals surface area contributed by atoms with E-state index < -0.39 is 5.41 Å². The Balaban J connectivity index is 0.878. The van der Waals surface area contributed by atoms with Crippen LogP contribution >= 0.6 is 0 Å². The van der Waals surface area contributed by atoms with Crippen molar-refractivity contribution in [2.24, 2.45) is 5.10 Å². The minimum atomic E-state index is -0.405. The van der Waals surface area contributed by atoms with Gasteiger partial charge < -0.3 is 10.2 Å². The summed E-state index contributed by atoms with van der Waals surface area (Å²) in [6, 6.07) is 9.73. The number of hydrogen-bond donors (Lipinski definition) is 2. The van der Waals surface area contributed by atoms with Crippen molar-refractivity contribution in [1.82, 2.24) is 19.9 Å². The molecule has 366 valence electrons. The van der Waals surface area contributed by atoms with Crippen LogP contribution in [0.15, 0.2) is 29.4 Å². The number of rotatable bonds is 6. The van der Waals surface area contributed by atoms with E-state index in [1.165, 1.54) is 5.56 Å². The molecule has 2 heterocycles. The number of likely N-dealkylation sites (tertiary alicyclic amines) is 1. The van der Waals surface area contributed by atoms with Crippen LogP contribution in [0.1, 0.15) is 39.4 Å². The second-order valence-electron chi connectivity index (χ2n) is 29.2. The van der Waals surface area contributed by atoms with Crippen LogP contribution in [0.25, 0.3) is 291 Å². The summed E-state index contributed by atoms with van der Waals surface area (Å²) < 4.78 is 0. The first-order chi connectivity index (χ1) is 41.5. The van der Waals surface area contributed by atoms with Crippen molar-refractivity contribution in [3.05, 3.63) is 57.6 Å². The fourth-order valence-electron chi connectivity index (χ4n) is 27.2. The molecule has 1 unspecified atom stereocenters. The van der Waals surface area contributed by atoms with E-state index in [4.69, 9.17) is 5.10 Å². The lowest BCUT2D eigenvalue weighted by Crippen LogP contribution is -2.51. The molecule has 0 bridgehead atoms. The predicted molar refractivity (Wildman–Crippen MR) is 351 cm³/mol. The zero-order valence-electron chi connectivity index (χ0n) is 44.4. The fraction of sp³-hybridized carbons (Fsp3) is 0.105. The molecule has 1 saturated heterocycles. The standard InChI is InChI=1S/C76H22N8/c1-77-72-79-73(81-74(80-72)83(2)3)82-78-9-11-5-7-12(8-6-11)71-76-69-63-57-47-35-27-19-15-13-14-17-21(19)29(35)39-33-25(17)26-18(14)22-20-16(13)24-23(15)31-37(27)45-51-41(31)42-32(24)38-28(20)36-30(22)40-34(26)44-43(33)55(49(39)57)65(69)66-56(44)50(40)58-48(36)54-46(38)52(42)60-59(51)67(61(63)53(45)47)75(76,10-84(71)4)68(60)62(54)64(58)70(66)76/h5-9,71H,10H2,1-4H3,(H2,77,79,80,81,82)/b78-9+. The highest BCUT2D eigenvalue weighted by molar-refractivity contribution is 6.82. The molecule has 4 aliphatic carbocycles. The molecule has 0 radical (unpaired) electrons. The highest BCUT2D eigenvalue weighted by Gasteiger charge is 2.75. The molecule has 1 fully saturated rings. The van der Waals surface area contributed by atoms with E-state index in [0.29, 0.717) is 17.8 Å². The molecule has 5 aliphatic rings. The molecule has 29 aromatic carbocycles. The van der Waals surface area contributed by atoms with Gasteiger partial charge in [0.2, 0.25) is 17.8 Å². The SMILES string of the molecule is CNc1nc(N/N=C/c2ccc(C3N(C)CC45c6c7c8c9c%10c%11c(c%12c%13c4c4c6c6c%14c7c7c8c8c%10c%10c%15c%11c%11c%12c%12c%13c%13c4c4c6c6c%14c%14c7c7c8c%10c8c%10c%15c%11c%11c%12c%12c%13c4c4c6c6c%14c7c8c7c%10c%11c%12c4c67)C935)cc2)nc(N(C)C)n1. The summed E-state index contributed by atoms with van der Waals surface area (Å²) in [5.74, 6) is 1.46. The molecule has 1 atom stereocenters. The van der Waals surface area contributed by atoms with Gasteiger partial charge in [-0.1, -0.05) is 24.3 Å². The van der Waals surface area contributed by atoms with Gasteiger partial charge in [0.25, 0.3) is 0 Å². The third-order valence-corrected chi connectivity index (χ3v) is 27.8. The number of nitrogens with zero attached hydrogens (tertiary/aromatic N) is 6. The van der Waals surface area contributed by atoms with Crippen molar-refractivity contribution in [3.8, 4) is 0 Å². The quantitative estimate of drug-likeness (QED) is 0.0975. The average Bonchev–Trinajstić information content (AvgIpc) is 1.38. The largest absolute Gasteiger partial charge is 0.357 e. The summed E-state index contributed by atoms with van der Waals surface area (Å²) in [4.78, 5) is 18.5. The van der Waals surface area contributed by atoms with Crippen molar-refractivity contribution < 1.29 is 0 Å². The predicted octanol–water partition coefficient (Wildman–Crippen LogP) is 17.7. The molecule has 30 aromatic rings. The van der Waals surface area contributed by atoms with Crippen molar-refractivity contribution in [1.29, 1.82) is 0 Å². The highest BCUT2D eigenvalue weighted by atomic mass is 15.4. The first-order valence-corrected chi connectivity index (χ1v) is 30.5. The van der Waals surface area contributed by atoms with E-state index in [0.717, 1.165) is 12.1 Å². The molecule has 1 aromatic heterocycles. The van der Waals surface area contributed by atoms with Gasteiger partial charge >= 0.3 is 0 Å². The van der Waals surface area contributed by atoms with Gasteiger partial charge in [-0.25, -0.2) is 5.43 Å². The number of likely N-dealkylation sites (N-methyl/N-ethyl adjacent to an activating group) is 1. The van der Waals surface area contributed by atoms with Crippen LogP contribution in [-0.2, 0) is 10.8 Å². The third-order valence-electron chi connectivity index (χ3n) is 27.8. The Morgan fingerprint density at radius 1 is 0.393 bits per heavy atom. The number of hydrogen-bond acceptors (Lipinski definition) is 8. The van der Waals surface area contributed by atoms with E-state index in [-0.39, 0.29) is 11.5 Å². The molecule has 8 nitrogen and oxygen atoms in total. The summed E-state index contributed by atoms with van der Waals surface area (Å²) in [7, 11) is 8.25. The summed E-state index contributed by atoms with van der Waals surface area (Å²) >= 11 is 0. The van der Waals surface area contributed by atoms with Gasteiger partial charge in [-0.15, -0.1) is 0 Å². The van der Waals surface area contributed by atoms with Crippen LogP contribution in [0.5, 0.6) is 0 Å². The summed E-state index contributed by atoms with van der Waals surface area (Å²) in [5, 5.41) is 96.7. The van der Waals surface area contributed by atoms with Gasteiger partial charge in [0.15, 0.2) is 0 Å². The van der Waals surface area contributed by atoms with Crippen molar-refractivity contribution in [2.75, 3.05) is 50.4 Å². The lowest BCUT2D eigenvalue weighted by Gasteiger charge is -2.52. The second kappa shape index (κ2) is 8.34. The van der Waals surface area contributed by atoms with Crippen molar-refractivity contribution in [2.45, 2.75) is 16.9 Å². The molecular formula is C76H22N8. The second-order valence-corrected chi connectivity index (χ2v) is 29.2. The maximum atomic E-state index is 4.76. The van der Waals surface area contributed by atoms with Crippen molar-refractivity contribution in [3.63, 3.8) is 0 Å². The smallest absolute Gasteiger partial charge is 0.250 e. The molecule has 2 spiro atoms. The van der Waals surface area contributed by atoms with E-state index in [2.05, 4.69) is 61.9 Å². The lowest BCUT2D eigenvalue weighted by molar-refractivity contribution is 0.271. The Kier molecular flexibility index (Phi) is 3.40. The average molecular weight is 1050 g/mol. The van der Waals surface area contributed by atoms with E-state index in [1.807, 2.05) is 32.3 Å². The Bertz CT molecular complexity index is 7950.